The molecule has 0 aliphatic heterocycles. The first-order valence-corrected chi connectivity index (χ1v) is 7.21. The number of nitrogens with one attached hydrogen (secondary N) is 1. The number of hydrogen-bond donors (Lipinski definition) is 2. The summed E-state index contributed by atoms with van der Waals surface area (Å²) in [4.78, 5) is 15.6. The predicted octanol–water partition coefficient (Wildman–Crippen LogP) is 2.82. The molecule has 0 spiro atoms. The van der Waals surface area contributed by atoms with Gasteiger partial charge in [-0.1, -0.05) is 18.2 Å². The Bertz CT molecular complexity index is 661. The first kappa shape index (κ1) is 14.4. The highest BCUT2D eigenvalue weighted by Gasteiger charge is 2.51. The van der Waals surface area contributed by atoms with Crippen LogP contribution in [0.4, 0.5) is 5.82 Å². The number of hydrogen-bond acceptors (Lipinski definition) is 4. The Kier molecular flexibility index (Phi) is 3.71. The first-order chi connectivity index (χ1) is 10.6. The second-order valence-corrected chi connectivity index (χ2v) is 5.52. The molecule has 1 fully saturated rings. The molecule has 114 valence electrons. The summed E-state index contributed by atoms with van der Waals surface area (Å²) in [6.07, 6.45) is 3.06. The molecule has 1 heterocycles. The number of methoxy groups -OCH3 is 1. The highest BCUT2D eigenvalue weighted by atomic mass is 16.5. The Balaban J connectivity index is 1.62. The van der Waals surface area contributed by atoms with Gasteiger partial charge >= 0.3 is 5.97 Å². The highest BCUT2D eigenvalue weighted by molar-refractivity contribution is 5.84. The molecule has 2 N–H and O–H groups in total. The number of carbonyl (C=O) groups is 1. The van der Waals surface area contributed by atoms with E-state index in [9.17, 15) is 9.90 Å². The summed E-state index contributed by atoms with van der Waals surface area (Å²) in [7, 11) is 1.64. The van der Waals surface area contributed by atoms with Gasteiger partial charge in [0.1, 0.15) is 11.6 Å². The molecule has 0 atom stereocenters. The number of carboxylic acids is 1. The Morgan fingerprint density at radius 3 is 2.50 bits per heavy atom. The molecule has 1 aromatic carbocycles. The molecule has 0 saturated heterocycles. The molecule has 1 aliphatic carbocycles. The van der Waals surface area contributed by atoms with Crippen LogP contribution in [0.25, 0.3) is 0 Å². The zero-order valence-electron chi connectivity index (χ0n) is 12.4. The van der Waals surface area contributed by atoms with Crippen molar-refractivity contribution in [2.45, 2.75) is 24.8 Å². The summed E-state index contributed by atoms with van der Waals surface area (Å²) in [5, 5.41) is 12.5. The topological polar surface area (TPSA) is 71.5 Å². The van der Waals surface area contributed by atoms with Crippen LogP contribution in [0.15, 0.2) is 42.6 Å². The van der Waals surface area contributed by atoms with Crippen molar-refractivity contribution in [3.05, 3.63) is 53.7 Å². The van der Waals surface area contributed by atoms with Gasteiger partial charge in [0.15, 0.2) is 0 Å². The SMILES string of the molecule is COc1ccc(CNc2ccc(C3(C(=O)O)CC3)cn2)cc1. The van der Waals surface area contributed by atoms with Crippen molar-refractivity contribution in [1.82, 2.24) is 4.98 Å². The molecule has 22 heavy (non-hydrogen) atoms. The molecule has 1 saturated carbocycles. The quantitative estimate of drug-likeness (QED) is 0.858. The Morgan fingerprint density at radius 1 is 1.27 bits per heavy atom. The number of nitrogens with zero attached hydrogens (tertiary/aromatic N) is 1. The summed E-state index contributed by atoms with van der Waals surface area (Å²) in [5.74, 6) is 0.809. The van der Waals surface area contributed by atoms with Crippen molar-refractivity contribution in [3.8, 4) is 5.75 Å². The lowest BCUT2D eigenvalue weighted by molar-refractivity contribution is -0.140. The van der Waals surface area contributed by atoms with E-state index < -0.39 is 11.4 Å². The van der Waals surface area contributed by atoms with Gasteiger partial charge < -0.3 is 15.2 Å². The maximum Gasteiger partial charge on any atom is 0.314 e. The molecule has 0 amide bonds. The van der Waals surface area contributed by atoms with Gasteiger partial charge in [-0.25, -0.2) is 4.98 Å². The van der Waals surface area contributed by atoms with E-state index in [1.54, 1.807) is 13.3 Å². The van der Waals surface area contributed by atoms with E-state index in [-0.39, 0.29) is 0 Å². The van der Waals surface area contributed by atoms with Crippen LogP contribution in [0, 0.1) is 0 Å². The fourth-order valence-corrected chi connectivity index (χ4v) is 2.47. The molecule has 0 bridgehead atoms. The van der Waals surface area contributed by atoms with E-state index in [1.165, 1.54) is 0 Å². The largest absolute Gasteiger partial charge is 0.497 e. The standard InChI is InChI=1S/C17H18N2O3/c1-22-14-5-2-12(3-6-14)10-18-15-7-4-13(11-19-15)17(8-9-17)16(20)21/h2-7,11H,8-10H2,1H3,(H,18,19)(H,20,21). The molecule has 5 heteroatoms. The van der Waals surface area contributed by atoms with Gasteiger partial charge in [-0.3, -0.25) is 4.79 Å². The number of rotatable bonds is 6. The molecular formula is C17H18N2O3. The van der Waals surface area contributed by atoms with Crippen molar-refractivity contribution >= 4 is 11.8 Å². The minimum atomic E-state index is -0.756. The van der Waals surface area contributed by atoms with Crippen LogP contribution < -0.4 is 10.1 Å². The van der Waals surface area contributed by atoms with Crippen molar-refractivity contribution in [3.63, 3.8) is 0 Å². The van der Waals surface area contributed by atoms with Gasteiger partial charge in [0.25, 0.3) is 0 Å². The lowest BCUT2D eigenvalue weighted by atomic mass is 9.98. The maximum absolute atomic E-state index is 11.3. The molecule has 2 aromatic rings. The first-order valence-electron chi connectivity index (χ1n) is 7.21. The fraction of sp³-hybridized carbons (Fsp3) is 0.294. The molecule has 3 rings (SSSR count). The van der Waals surface area contributed by atoms with E-state index in [4.69, 9.17) is 4.74 Å². The zero-order chi connectivity index (χ0) is 15.6. The summed E-state index contributed by atoms with van der Waals surface area (Å²) in [6, 6.07) is 11.5. The highest BCUT2D eigenvalue weighted by Crippen LogP contribution is 2.48. The van der Waals surface area contributed by atoms with Crippen LogP contribution in [0.3, 0.4) is 0 Å². The number of benzene rings is 1. The van der Waals surface area contributed by atoms with Crippen LogP contribution >= 0.6 is 0 Å². The van der Waals surface area contributed by atoms with Gasteiger partial charge in [-0.05, 0) is 42.2 Å². The van der Waals surface area contributed by atoms with Crippen LogP contribution in [0.2, 0.25) is 0 Å². The van der Waals surface area contributed by atoms with Crippen molar-refractivity contribution in [1.29, 1.82) is 0 Å². The summed E-state index contributed by atoms with van der Waals surface area (Å²) < 4.78 is 5.12. The third kappa shape index (κ3) is 2.74. The number of aromatic nitrogens is 1. The van der Waals surface area contributed by atoms with Gasteiger partial charge in [0.05, 0.1) is 12.5 Å². The predicted molar refractivity (Wildman–Crippen MR) is 83.1 cm³/mol. The van der Waals surface area contributed by atoms with E-state index in [1.807, 2.05) is 36.4 Å². The minimum absolute atomic E-state index is 0.653. The second kappa shape index (κ2) is 5.67. The van der Waals surface area contributed by atoms with E-state index in [2.05, 4.69) is 10.3 Å². The van der Waals surface area contributed by atoms with Crippen molar-refractivity contribution < 1.29 is 14.6 Å². The lowest BCUT2D eigenvalue weighted by Gasteiger charge is -2.11. The normalized spacial score (nSPS) is 15.1. The molecule has 5 nitrogen and oxygen atoms in total. The Labute approximate surface area is 129 Å². The van der Waals surface area contributed by atoms with E-state index >= 15 is 0 Å². The number of ether oxygens (including phenoxy) is 1. The van der Waals surface area contributed by atoms with Gasteiger partial charge in [0, 0.05) is 12.7 Å². The van der Waals surface area contributed by atoms with Gasteiger partial charge in [-0.15, -0.1) is 0 Å². The summed E-state index contributed by atoms with van der Waals surface area (Å²) >= 11 is 0. The van der Waals surface area contributed by atoms with Crippen LogP contribution in [-0.2, 0) is 16.8 Å². The van der Waals surface area contributed by atoms with Gasteiger partial charge in [0.2, 0.25) is 0 Å². The van der Waals surface area contributed by atoms with E-state index in [0.717, 1.165) is 22.7 Å². The number of carboxylic acid groups (broad SMARTS) is 1. The monoisotopic (exact) mass is 298 g/mol. The van der Waals surface area contributed by atoms with Crippen molar-refractivity contribution in [2.24, 2.45) is 0 Å². The lowest BCUT2D eigenvalue weighted by Crippen LogP contribution is -2.19. The number of aliphatic carboxylic acids is 1. The van der Waals surface area contributed by atoms with Crippen molar-refractivity contribution in [2.75, 3.05) is 12.4 Å². The molecule has 0 radical (unpaired) electrons. The molecular weight excluding hydrogens is 280 g/mol. The third-order valence-electron chi connectivity index (χ3n) is 4.11. The molecule has 0 unspecified atom stereocenters. The summed E-state index contributed by atoms with van der Waals surface area (Å²) in [6.45, 7) is 0.653. The molecule has 1 aromatic heterocycles. The van der Waals surface area contributed by atoms with Crippen LogP contribution in [0.5, 0.6) is 5.75 Å². The van der Waals surface area contributed by atoms with Gasteiger partial charge in [-0.2, -0.15) is 0 Å². The smallest absolute Gasteiger partial charge is 0.314 e. The number of anilines is 1. The minimum Gasteiger partial charge on any atom is -0.497 e. The average molecular weight is 298 g/mol. The zero-order valence-corrected chi connectivity index (χ0v) is 12.4. The maximum atomic E-state index is 11.3. The van der Waals surface area contributed by atoms with Crippen LogP contribution in [0.1, 0.15) is 24.0 Å². The Hall–Kier alpha value is -2.56. The second-order valence-electron chi connectivity index (χ2n) is 5.52. The average Bonchev–Trinajstić information content (AvgIpc) is 3.36. The molecule has 1 aliphatic rings. The number of pyridine rings is 1. The van der Waals surface area contributed by atoms with Crippen LogP contribution in [-0.4, -0.2) is 23.2 Å². The third-order valence-corrected chi connectivity index (χ3v) is 4.11. The summed E-state index contributed by atoms with van der Waals surface area (Å²) in [5.41, 5.74) is 1.22. The van der Waals surface area contributed by atoms with E-state index in [0.29, 0.717) is 19.4 Å². The Morgan fingerprint density at radius 2 is 2.00 bits per heavy atom. The fourth-order valence-electron chi connectivity index (χ4n) is 2.47.